The molecule has 0 spiro atoms. The maximum atomic E-state index is 4.89. The summed E-state index contributed by atoms with van der Waals surface area (Å²) in [5.74, 6) is 3.41. The van der Waals surface area contributed by atoms with Gasteiger partial charge in [0.15, 0.2) is 0 Å². The fraction of sp³-hybridized carbons (Fsp3) is 0.750. The topological polar surface area (TPSA) is 37.8 Å². The fourth-order valence-corrected chi connectivity index (χ4v) is 3.10. The minimum atomic E-state index is 0.589. The summed E-state index contributed by atoms with van der Waals surface area (Å²) >= 11 is 0. The molecule has 0 unspecified atom stereocenters. The summed E-state index contributed by atoms with van der Waals surface area (Å²) in [6.07, 6.45) is 12.0. The van der Waals surface area contributed by atoms with Crippen LogP contribution in [-0.2, 0) is 0 Å². The van der Waals surface area contributed by atoms with Gasteiger partial charge in [-0.25, -0.2) is 9.97 Å². The highest BCUT2D eigenvalue weighted by atomic mass is 15.0. The van der Waals surface area contributed by atoms with Crippen LogP contribution in [0.25, 0.3) is 0 Å². The summed E-state index contributed by atoms with van der Waals surface area (Å²) in [6, 6.07) is 2.14. The molecule has 0 radical (unpaired) electrons. The summed E-state index contributed by atoms with van der Waals surface area (Å²) in [7, 11) is 1.96. The Morgan fingerprint density at radius 2 is 1.58 bits per heavy atom. The number of nitrogens with one attached hydrogen (secondary N) is 1. The Morgan fingerprint density at radius 1 is 0.895 bits per heavy atom. The molecule has 0 aliphatic heterocycles. The van der Waals surface area contributed by atoms with E-state index in [0.717, 1.165) is 11.6 Å². The highest BCUT2D eigenvalue weighted by molar-refractivity contribution is 5.37. The molecule has 3 rings (SSSR count). The van der Waals surface area contributed by atoms with Crippen LogP contribution in [0, 0.1) is 0 Å². The summed E-state index contributed by atoms with van der Waals surface area (Å²) in [4.78, 5) is 9.62. The van der Waals surface area contributed by atoms with E-state index in [1.165, 1.54) is 63.5 Å². The normalized spacial score (nSPS) is 21.7. The monoisotopic (exact) mass is 259 g/mol. The van der Waals surface area contributed by atoms with Gasteiger partial charge in [-0.2, -0.15) is 0 Å². The molecule has 19 heavy (non-hydrogen) atoms. The highest BCUT2D eigenvalue weighted by Gasteiger charge is 2.27. The molecule has 0 atom stereocenters. The lowest BCUT2D eigenvalue weighted by Gasteiger charge is -2.19. The van der Waals surface area contributed by atoms with Gasteiger partial charge in [-0.1, -0.05) is 32.1 Å². The Hall–Kier alpha value is -1.12. The van der Waals surface area contributed by atoms with E-state index in [9.17, 15) is 0 Å². The molecular weight excluding hydrogens is 234 g/mol. The summed E-state index contributed by atoms with van der Waals surface area (Å²) in [5.41, 5.74) is 1.27. The molecule has 104 valence electrons. The van der Waals surface area contributed by atoms with Crippen LogP contribution < -0.4 is 5.32 Å². The molecule has 1 aromatic heterocycles. The number of aromatic nitrogens is 2. The van der Waals surface area contributed by atoms with Crippen molar-refractivity contribution in [3.05, 3.63) is 17.6 Å². The van der Waals surface area contributed by atoms with Gasteiger partial charge in [0, 0.05) is 30.6 Å². The second-order valence-corrected chi connectivity index (χ2v) is 6.10. The SMILES string of the molecule is CNc1cc(C2CC2)nc(C2CCCCCCC2)n1. The number of nitrogens with zero attached hydrogens (tertiary/aromatic N) is 2. The van der Waals surface area contributed by atoms with Gasteiger partial charge >= 0.3 is 0 Å². The number of hydrogen-bond acceptors (Lipinski definition) is 3. The Kier molecular flexibility index (Phi) is 4.00. The van der Waals surface area contributed by atoms with Crippen molar-refractivity contribution in [2.24, 2.45) is 0 Å². The lowest BCUT2D eigenvalue weighted by molar-refractivity contribution is 0.441. The molecule has 0 bridgehead atoms. The van der Waals surface area contributed by atoms with Crippen LogP contribution in [0.1, 0.15) is 81.1 Å². The molecule has 2 fully saturated rings. The number of rotatable bonds is 3. The maximum absolute atomic E-state index is 4.89. The predicted octanol–water partition coefficient (Wildman–Crippen LogP) is 4.22. The fourth-order valence-electron chi connectivity index (χ4n) is 3.10. The van der Waals surface area contributed by atoms with E-state index in [2.05, 4.69) is 11.4 Å². The first-order valence-electron chi connectivity index (χ1n) is 7.93. The Labute approximate surface area is 116 Å². The largest absolute Gasteiger partial charge is 0.373 e. The van der Waals surface area contributed by atoms with Crippen molar-refractivity contribution in [2.75, 3.05) is 12.4 Å². The predicted molar refractivity (Wildman–Crippen MR) is 78.6 cm³/mol. The van der Waals surface area contributed by atoms with Crippen LogP contribution in [0.15, 0.2) is 6.07 Å². The van der Waals surface area contributed by atoms with E-state index >= 15 is 0 Å². The second kappa shape index (κ2) is 5.89. The van der Waals surface area contributed by atoms with Gasteiger partial charge in [-0.15, -0.1) is 0 Å². The van der Waals surface area contributed by atoms with Crippen LogP contribution in [0.5, 0.6) is 0 Å². The smallest absolute Gasteiger partial charge is 0.134 e. The third kappa shape index (κ3) is 3.26. The van der Waals surface area contributed by atoms with Gasteiger partial charge in [0.1, 0.15) is 11.6 Å². The van der Waals surface area contributed by atoms with Crippen molar-refractivity contribution < 1.29 is 0 Å². The van der Waals surface area contributed by atoms with Crippen molar-refractivity contribution in [3.8, 4) is 0 Å². The van der Waals surface area contributed by atoms with Crippen LogP contribution in [0.3, 0.4) is 0 Å². The van der Waals surface area contributed by atoms with E-state index in [0.29, 0.717) is 11.8 Å². The van der Waals surface area contributed by atoms with E-state index in [-0.39, 0.29) is 0 Å². The molecule has 1 heterocycles. The molecule has 1 N–H and O–H groups in total. The average Bonchev–Trinajstić information content (AvgIpc) is 3.22. The molecule has 3 heteroatoms. The van der Waals surface area contributed by atoms with E-state index in [1.54, 1.807) is 0 Å². The van der Waals surface area contributed by atoms with Crippen LogP contribution in [0.4, 0.5) is 5.82 Å². The molecule has 1 aromatic rings. The first-order chi connectivity index (χ1) is 9.36. The number of hydrogen-bond donors (Lipinski definition) is 1. The summed E-state index contributed by atoms with van der Waals surface area (Å²) in [5, 5.41) is 3.21. The third-order valence-corrected chi connectivity index (χ3v) is 4.49. The van der Waals surface area contributed by atoms with Crippen molar-refractivity contribution >= 4 is 5.82 Å². The van der Waals surface area contributed by atoms with E-state index < -0.39 is 0 Å². The van der Waals surface area contributed by atoms with Gasteiger partial charge in [0.2, 0.25) is 0 Å². The maximum Gasteiger partial charge on any atom is 0.134 e. The quantitative estimate of drug-likeness (QED) is 0.883. The van der Waals surface area contributed by atoms with E-state index in [4.69, 9.17) is 9.97 Å². The van der Waals surface area contributed by atoms with Gasteiger partial charge in [0.05, 0.1) is 0 Å². The molecule has 0 amide bonds. The lowest BCUT2D eigenvalue weighted by atomic mass is 9.90. The lowest BCUT2D eigenvalue weighted by Crippen LogP contribution is -2.10. The van der Waals surface area contributed by atoms with Crippen molar-refractivity contribution in [3.63, 3.8) is 0 Å². The summed E-state index contributed by atoms with van der Waals surface area (Å²) in [6.45, 7) is 0. The zero-order valence-corrected chi connectivity index (χ0v) is 12.0. The van der Waals surface area contributed by atoms with Crippen LogP contribution in [-0.4, -0.2) is 17.0 Å². The van der Waals surface area contributed by atoms with E-state index in [1.807, 2.05) is 7.05 Å². The van der Waals surface area contributed by atoms with Crippen molar-refractivity contribution in [1.82, 2.24) is 9.97 Å². The Morgan fingerprint density at radius 3 is 2.21 bits per heavy atom. The van der Waals surface area contributed by atoms with Crippen LogP contribution in [0.2, 0.25) is 0 Å². The molecule has 0 saturated heterocycles. The highest BCUT2D eigenvalue weighted by Crippen LogP contribution is 2.40. The average molecular weight is 259 g/mol. The first kappa shape index (κ1) is 12.9. The Balaban J connectivity index is 1.82. The third-order valence-electron chi connectivity index (χ3n) is 4.49. The minimum Gasteiger partial charge on any atom is -0.373 e. The minimum absolute atomic E-state index is 0.589. The zero-order chi connectivity index (χ0) is 13.1. The zero-order valence-electron chi connectivity index (χ0n) is 12.0. The molecule has 0 aromatic carbocycles. The molecular formula is C16H25N3. The Bertz CT molecular complexity index is 418. The molecule has 2 aliphatic carbocycles. The summed E-state index contributed by atoms with van der Waals surface area (Å²) < 4.78 is 0. The van der Waals surface area contributed by atoms with Gasteiger partial charge in [-0.3, -0.25) is 0 Å². The van der Waals surface area contributed by atoms with Gasteiger partial charge < -0.3 is 5.32 Å². The molecule has 2 aliphatic rings. The van der Waals surface area contributed by atoms with Gasteiger partial charge in [-0.05, 0) is 25.7 Å². The van der Waals surface area contributed by atoms with Gasteiger partial charge in [0.25, 0.3) is 0 Å². The first-order valence-corrected chi connectivity index (χ1v) is 7.93. The van der Waals surface area contributed by atoms with Crippen molar-refractivity contribution in [1.29, 1.82) is 0 Å². The second-order valence-electron chi connectivity index (χ2n) is 6.10. The van der Waals surface area contributed by atoms with Crippen molar-refractivity contribution in [2.45, 2.75) is 69.6 Å². The number of anilines is 1. The molecule has 2 saturated carbocycles. The van der Waals surface area contributed by atoms with Crippen LogP contribution >= 0.6 is 0 Å². The molecule has 3 nitrogen and oxygen atoms in total. The standard InChI is InChI=1S/C16H25N3/c1-17-15-11-14(12-9-10-12)18-16(19-15)13-7-5-3-2-4-6-8-13/h11-13H,2-10H2,1H3,(H,17,18,19).